The molecule has 2 aromatic rings. The lowest BCUT2D eigenvalue weighted by Gasteiger charge is -2.13. The first-order valence-electron chi connectivity index (χ1n) is 6.89. The second-order valence-electron chi connectivity index (χ2n) is 5.00. The standard InChI is InChI=1S/C18H18O4/c1-12-4-6-15(14(8-12)11-19)16-9-13(10-18(20)22-3)5-7-17(16)21-2/h4-9,11H,10H2,1-3H3. The number of hydrogen-bond acceptors (Lipinski definition) is 4. The van der Waals surface area contributed by atoms with E-state index in [2.05, 4.69) is 0 Å². The van der Waals surface area contributed by atoms with Gasteiger partial charge in [0.05, 0.1) is 20.6 Å². The molecular formula is C18H18O4. The van der Waals surface area contributed by atoms with E-state index < -0.39 is 0 Å². The Morgan fingerprint density at radius 1 is 1.09 bits per heavy atom. The molecule has 0 spiro atoms. The van der Waals surface area contributed by atoms with E-state index in [1.807, 2.05) is 37.3 Å². The van der Waals surface area contributed by atoms with Crippen LogP contribution in [0.2, 0.25) is 0 Å². The molecule has 0 unspecified atom stereocenters. The van der Waals surface area contributed by atoms with Crippen LogP contribution in [0.3, 0.4) is 0 Å². The predicted molar refractivity (Wildman–Crippen MR) is 84.3 cm³/mol. The molecule has 2 rings (SSSR count). The number of aryl methyl sites for hydroxylation is 1. The first kappa shape index (κ1) is 15.8. The lowest BCUT2D eigenvalue weighted by atomic mass is 9.95. The molecule has 0 radical (unpaired) electrons. The van der Waals surface area contributed by atoms with Crippen molar-refractivity contribution < 1.29 is 19.1 Å². The molecule has 0 aliphatic rings. The van der Waals surface area contributed by atoms with E-state index in [-0.39, 0.29) is 12.4 Å². The monoisotopic (exact) mass is 298 g/mol. The topological polar surface area (TPSA) is 52.6 Å². The maximum atomic E-state index is 11.4. The molecule has 0 heterocycles. The van der Waals surface area contributed by atoms with E-state index in [0.717, 1.165) is 28.5 Å². The van der Waals surface area contributed by atoms with E-state index in [4.69, 9.17) is 9.47 Å². The molecule has 4 nitrogen and oxygen atoms in total. The van der Waals surface area contributed by atoms with Crippen LogP contribution in [-0.2, 0) is 16.0 Å². The molecule has 0 aliphatic heterocycles. The van der Waals surface area contributed by atoms with Gasteiger partial charge in [0.1, 0.15) is 5.75 Å². The first-order valence-corrected chi connectivity index (χ1v) is 6.89. The lowest BCUT2D eigenvalue weighted by Crippen LogP contribution is -2.05. The Morgan fingerprint density at radius 3 is 2.50 bits per heavy atom. The Hall–Kier alpha value is -2.62. The van der Waals surface area contributed by atoms with Gasteiger partial charge in [0, 0.05) is 11.1 Å². The van der Waals surface area contributed by atoms with E-state index >= 15 is 0 Å². The third-order valence-electron chi connectivity index (χ3n) is 3.46. The summed E-state index contributed by atoms with van der Waals surface area (Å²) in [5.41, 5.74) is 3.97. The second kappa shape index (κ2) is 6.89. The van der Waals surface area contributed by atoms with Gasteiger partial charge in [-0.3, -0.25) is 9.59 Å². The van der Waals surface area contributed by atoms with Gasteiger partial charge in [0.15, 0.2) is 6.29 Å². The number of carbonyl (C=O) groups excluding carboxylic acids is 2. The van der Waals surface area contributed by atoms with Crippen LogP contribution in [0.5, 0.6) is 5.75 Å². The second-order valence-corrected chi connectivity index (χ2v) is 5.00. The highest BCUT2D eigenvalue weighted by Gasteiger charge is 2.13. The zero-order valence-corrected chi connectivity index (χ0v) is 12.9. The minimum atomic E-state index is -0.310. The van der Waals surface area contributed by atoms with Crippen molar-refractivity contribution in [3.8, 4) is 16.9 Å². The highest BCUT2D eigenvalue weighted by atomic mass is 16.5. The summed E-state index contributed by atoms with van der Waals surface area (Å²) in [4.78, 5) is 22.8. The van der Waals surface area contributed by atoms with E-state index in [1.165, 1.54) is 7.11 Å². The van der Waals surface area contributed by atoms with Crippen molar-refractivity contribution in [2.45, 2.75) is 13.3 Å². The summed E-state index contributed by atoms with van der Waals surface area (Å²) in [5, 5.41) is 0. The number of aldehydes is 1. The fourth-order valence-corrected chi connectivity index (χ4v) is 2.34. The van der Waals surface area contributed by atoms with Crippen molar-refractivity contribution in [2.24, 2.45) is 0 Å². The molecular weight excluding hydrogens is 280 g/mol. The average Bonchev–Trinajstić information content (AvgIpc) is 2.54. The summed E-state index contributed by atoms with van der Waals surface area (Å²) in [6.07, 6.45) is 1.00. The van der Waals surface area contributed by atoms with Gasteiger partial charge in [-0.2, -0.15) is 0 Å². The molecule has 0 aromatic heterocycles. The smallest absolute Gasteiger partial charge is 0.309 e. The summed E-state index contributed by atoms with van der Waals surface area (Å²) in [6, 6.07) is 11.1. The van der Waals surface area contributed by atoms with Crippen molar-refractivity contribution in [3.63, 3.8) is 0 Å². The van der Waals surface area contributed by atoms with Gasteiger partial charge >= 0.3 is 5.97 Å². The van der Waals surface area contributed by atoms with Crippen LogP contribution in [-0.4, -0.2) is 26.5 Å². The largest absolute Gasteiger partial charge is 0.496 e. The van der Waals surface area contributed by atoms with Crippen molar-refractivity contribution in [1.82, 2.24) is 0 Å². The highest BCUT2D eigenvalue weighted by molar-refractivity contribution is 5.90. The van der Waals surface area contributed by atoms with Gasteiger partial charge in [0.25, 0.3) is 0 Å². The summed E-state index contributed by atoms with van der Waals surface area (Å²) < 4.78 is 10.1. The maximum Gasteiger partial charge on any atom is 0.309 e. The highest BCUT2D eigenvalue weighted by Crippen LogP contribution is 2.33. The van der Waals surface area contributed by atoms with Crippen LogP contribution < -0.4 is 4.74 Å². The number of hydrogen-bond donors (Lipinski definition) is 0. The molecule has 2 aromatic carbocycles. The number of rotatable bonds is 5. The van der Waals surface area contributed by atoms with Crippen LogP contribution in [0.25, 0.3) is 11.1 Å². The van der Waals surface area contributed by atoms with Crippen molar-refractivity contribution in [2.75, 3.05) is 14.2 Å². The molecule has 0 fully saturated rings. The number of benzene rings is 2. The Bertz CT molecular complexity index is 704. The summed E-state index contributed by atoms with van der Waals surface area (Å²) >= 11 is 0. The molecule has 0 amide bonds. The minimum Gasteiger partial charge on any atom is -0.496 e. The molecule has 114 valence electrons. The van der Waals surface area contributed by atoms with Gasteiger partial charge in [-0.25, -0.2) is 0 Å². The zero-order valence-electron chi connectivity index (χ0n) is 12.9. The fourth-order valence-electron chi connectivity index (χ4n) is 2.34. The molecule has 0 aliphatic carbocycles. The summed E-state index contributed by atoms with van der Waals surface area (Å²) in [5.74, 6) is 0.344. The van der Waals surface area contributed by atoms with Gasteiger partial charge in [-0.15, -0.1) is 0 Å². The zero-order chi connectivity index (χ0) is 16.1. The first-order chi connectivity index (χ1) is 10.6. The van der Waals surface area contributed by atoms with Crippen LogP contribution in [0, 0.1) is 6.92 Å². The summed E-state index contributed by atoms with van der Waals surface area (Å²) in [7, 11) is 2.94. The van der Waals surface area contributed by atoms with Crippen molar-refractivity contribution >= 4 is 12.3 Å². The van der Waals surface area contributed by atoms with Crippen LogP contribution >= 0.6 is 0 Å². The van der Waals surface area contributed by atoms with Crippen LogP contribution in [0.1, 0.15) is 21.5 Å². The SMILES string of the molecule is COC(=O)Cc1ccc(OC)c(-c2ccc(C)cc2C=O)c1. The Balaban J connectivity index is 2.55. The Morgan fingerprint density at radius 2 is 1.86 bits per heavy atom. The normalized spacial score (nSPS) is 10.1. The molecule has 0 saturated carbocycles. The summed E-state index contributed by atoms with van der Waals surface area (Å²) in [6.45, 7) is 1.93. The molecule has 0 N–H and O–H groups in total. The van der Waals surface area contributed by atoms with E-state index in [0.29, 0.717) is 11.3 Å². The molecule has 0 bridgehead atoms. The van der Waals surface area contributed by atoms with Gasteiger partial charge < -0.3 is 9.47 Å². The van der Waals surface area contributed by atoms with Crippen LogP contribution in [0.4, 0.5) is 0 Å². The third-order valence-corrected chi connectivity index (χ3v) is 3.46. The quantitative estimate of drug-likeness (QED) is 0.628. The third kappa shape index (κ3) is 3.34. The molecule has 0 saturated heterocycles. The fraction of sp³-hybridized carbons (Fsp3) is 0.222. The Labute approximate surface area is 129 Å². The van der Waals surface area contributed by atoms with E-state index in [1.54, 1.807) is 13.2 Å². The maximum absolute atomic E-state index is 11.4. The number of esters is 1. The molecule has 4 heteroatoms. The number of methoxy groups -OCH3 is 2. The predicted octanol–water partition coefficient (Wildman–Crippen LogP) is 3.20. The average molecular weight is 298 g/mol. The van der Waals surface area contributed by atoms with Crippen LogP contribution in [0.15, 0.2) is 36.4 Å². The van der Waals surface area contributed by atoms with Crippen molar-refractivity contribution in [3.05, 3.63) is 53.1 Å². The van der Waals surface area contributed by atoms with Gasteiger partial charge in [-0.1, -0.05) is 23.8 Å². The number of carbonyl (C=O) groups is 2. The van der Waals surface area contributed by atoms with E-state index in [9.17, 15) is 9.59 Å². The lowest BCUT2D eigenvalue weighted by molar-refractivity contribution is -0.139. The minimum absolute atomic E-state index is 0.176. The Kier molecular flexibility index (Phi) is 4.94. The molecule has 0 atom stereocenters. The van der Waals surface area contributed by atoms with Gasteiger partial charge in [-0.05, 0) is 36.2 Å². The van der Waals surface area contributed by atoms with Crippen molar-refractivity contribution in [1.29, 1.82) is 0 Å². The molecule has 22 heavy (non-hydrogen) atoms. The number of ether oxygens (including phenoxy) is 2. The van der Waals surface area contributed by atoms with Gasteiger partial charge in [0.2, 0.25) is 0 Å².